The Bertz CT molecular complexity index is 362. The van der Waals surface area contributed by atoms with Crippen molar-refractivity contribution in [2.75, 3.05) is 14.1 Å². The van der Waals surface area contributed by atoms with Crippen molar-refractivity contribution < 1.29 is 9.53 Å². The highest BCUT2D eigenvalue weighted by atomic mass is 16.5. The lowest BCUT2D eigenvalue weighted by Crippen LogP contribution is -2.36. The smallest absolute Gasteiger partial charge is 0.407 e. The molecule has 1 aromatic rings. The molecule has 1 saturated carbocycles. The van der Waals surface area contributed by atoms with Crippen LogP contribution in [0.5, 0.6) is 0 Å². The standard InChI is InChI=1S/C14H19NO2.C2H7N/c16-14(15-13-9-5-2-6-10-13)17-11-12-7-3-1-4-8-12;1-3-2/h1,3-4,7-8,13H,2,5-6,9-11H2,(H,15,16);3H,1-2H3. The Balaban J connectivity index is 0.000000612. The first kappa shape index (κ1) is 16.5. The van der Waals surface area contributed by atoms with E-state index in [0.29, 0.717) is 12.6 Å². The van der Waals surface area contributed by atoms with Crippen molar-refractivity contribution in [1.82, 2.24) is 10.6 Å². The van der Waals surface area contributed by atoms with Crippen LogP contribution in [0.3, 0.4) is 0 Å². The SMILES string of the molecule is CNC.O=C(NC1CCCCC1)OCc1ccccc1. The van der Waals surface area contributed by atoms with E-state index in [9.17, 15) is 4.79 Å². The summed E-state index contributed by atoms with van der Waals surface area (Å²) in [5.41, 5.74) is 1.02. The lowest BCUT2D eigenvalue weighted by molar-refractivity contribution is 0.133. The van der Waals surface area contributed by atoms with Crippen LogP contribution >= 0.6 is 0 Å². The average molecular weight is 278 g/mol. The zero-order valence-electron chi connectivity index (χ0n) is 12.5. The minimum absolute atomic E-state index is 0.291. The highest BCUT2D eigenvalue weighted by molar-refractivity contribution is 5.67. The number of hydrogen-bond donors (Lipinski definition) is 2. The van der Waals surface area contributed by atoms with E-state index in [0.717, 1.165) is 18.4 Å². The van der Waals surface area contributed by atoms with Crippen molar-refractivity contribution >= 4 is 6.09 Å². The molecule has 0 atom stereocenters. The van der Waals surface area contributed by atoms with Crippen molar-refractivity contribution in [3.05, 3.63) is 35.9 Å². The topological polar surface area (TPSA) is 50.4 Å². The quantitative estimate of drug-likeness (QED) is 0.893. The molecule has 4 nitrogen and oxygen atoms in total. The van der Waals surface area contributed by atoms with Crippen LogP contribution in [0.15, 0.2) is 30.3 Å². The van der Waals surface area contributed by atoms with Gasteiger partial charge < -0.3 is 15.4 Å². The first-order chi connectivity index (χ1) is 9.76. The fraction of sp³-hybridized carbons (Fsp3) is 0.562. The number of benzene rings is 1. The summed E-state index contributed by atoms with van der Waals surface area (Å²) < 4.78 is 5.18. The molecule has 1 aromatic carbocycles. The molecule has 112 valence electrons. The summed E-state index contributed by atoms with van der Waals surface area (Å²) in [4.78, 5) is 11.6. The van der Waals surface area contributed by atoms with Crippen LogP contribution in [0.25, 0.3) is 0 Å². The van der Waals surface area contributed by atoms with Gasteiger partial charge in [0, 0.05) is 6.04 Å². The molecular weight excluding hydrogens is 252 g/mol. The Morgan fingerprint density at radius 1 is 1.15 bits per heavy atom. The largest absolute Gasteiger partial charge is 0.445 e. The number of ether oxygens (including phenoxy) is 1. The molecule has 2 rings (SSSR count). The molecule has 4 heteroatoms. The summed E-state index contributed by atoms with van der Waals surface area (Å²) in [6.07, 6.45) is 5.59. The summed E-state index contributed by atoms with van der Waals surface area (Å²) in [7, 11) is 3.75. The molecule has 0 spiro atoms. The third-order valence-electron chi connectivity index (χ3n) is 3.14. The molecule has 20 heavy (non-hydrogen) atoms. The molecule has 2 N–H and O–H groups in total. The van der Waals surface area contributed by atoms with Crippen LogP contribution < -0.4 is 10.6 Å². The first-order valence-electron chi connectivity index (χ1n) is 7.32. The van der Waals surface area contributed by atoms with Gasteiger partial charge >= 0.3 is 6.09 Å². The zero-order chi connectivity index (χ0) is 14.6. The van der Waals surface area contributed by atoms with Gasteiger partial charge in [0.25, 0.3) is 0 Å². The molecule has 1 aliphatic rings. The van der Waals surface area contributed by atoms with Crippen LogP contribution in [0, 0.1) is 0 Å². The van der Waals surface area contributed by atoms with Gasteiger partial charge in [-0.1, -0.05) is 49.6 Å². The van der Waals surface area contributed by atoms with Gasteiger partial charge in [0.05, 0.1) is 0 Å². The Morgan fingerprint density at radius 2 is 1.75 bits per heavy atom. The van der Waals surface area contributed by atoms with Gasteiger partial charge in [-0.05, 0) is 32.5 Å². The number of nitrogens with one attached hydrogen (secondary N) is 2. The van der Waals surface area contributed by atoms with Crippen LogP contribution in [-0.2, 0) is 11.3 Å². The Morgan fingerprint density at radius 3 is 2.35 bits per heavy atom. The van der Waals surface area contributed by atoms with E-state index in [-0.39, 0.29) is 6.09 Å². The molecule has 0 heterocycles. The van der Waals surface area contributed by atoms with E-state index >= 15 is 0 Å². The molecular formula is C16H26N2O2. The molecule has 0 bridgehead atoms. The van der Waals surface area contributed by atoms with Gasteiger partial charge in [-0.25, -0.2) is 4.79 Å². The molecule has 0 aliphatic heterocycles. The summed E-state index contributed by atoms with van der Waals surface area (Å²) >= 11 is 0. The number of alkyl carbamates (subject to hydrolysis) is 1. The van der Waals surface area contributed by atoms with Gasteiger partial charge in [0.1, 0.15) is 6.61 Å². The summed E-state index contributed by atoms with van der Waals surface area (Å²) in [6.45, 7) is 0.347. The van der Waals surface area contributed by atoms with E-state index < -0.39 is 0 Å². The number of hydrogen-bond acceptors (Lipinski definition) is 3. The van der Waals surface area contributed by atoms with E-state index in [2.05, 4.69) is 10.6 Å². The molecule has 0 saturated heterocycles. The molecule has 0 unspecified atom stereocenters. The second-order valence-corrected chi connectivity index (χ2v) is 5.04. The van der Waals surface area contributed by atoms with Gasteiger partial charge in [0.15, 0.2) is 0 Å². The van der Waals surface area contributed by atoms with Crippen LogP contribution in [0.4, 0.5) is 4.79 Å². The zero-order valence-corrected chi connectivity index (χ0v) is 12.5. The van der Waals surface area contributed by atoms with E-state index in [1.807, 2.05) is 44.4 Å². The monoisotopic (exact) mass is 278 g/mol. The lowest BCUT2D eigenvalue weighted by atomic mass is 9.96. The van der Waals surface area contributed by atoms with E-state index in [1.165, 1.54) is 19.3 Å². The first-order valence-corrected chi connectivity index (χ1v) is 7.32. The van der Waals surface area contributed by atoms with Crippen LogP contribution in [-0.4, -0.2) is 26.2 Å². The third-order valence-corrected chi connectivity index (χ3v) is 3.14. The summed E-state index contributed by atoms with van der Waals surface area (Å²) in [5, 5.41) is 5.68. The normalized spacial score (nSPS) is 14.9. The Kier molecular flexibility index (Phi) is 8.47. The third kappa shape index (κ3) is 7.14. The summed E-state index contributed by atoms with van der Waals surface area (Å²) in [5.74, 6) is 0. The van der Waals surface area contributed by atoms with Gasteiger partial charge in [-0.15, -0.1) is 0 Å². The minimum atomic E-state index is -0.291. The molecule has 0 aromatic heterocycles. The lowest BCUT2D eigenvalue weighted by Gasteiger charge is -2.22. The van der Waals surface area contributed by atoms with Gasteiger partial charge in [0.2, 0.25) is 0 Å². The second-order valence-electron chi connectivity index (χ2n) is 5.04. The fourth-order valence-corrected chi connectivity index (χ4v) is 2.18. The number of amides is 1. The van der Waals surface area contributed by atoms with Crippen molar-refractivity contribution in [2.45, 2.75) is 44.8 Å². The van der Waals surface area contributed by atoms with E-state index in [4.69, 9.17) is 4.74 Å². The number of carbonyl (C=O) groups excluding carboxylic acids is 1. The maximum Gasteiger partial charge on any atom is 0.407 e. The number of rotatable bonds is 3. The second kappa shape index (κ2) is 10.3. The molecule has 0 radical (unpaired) electrons. The van der Waals surface area contributed by atoms with Gasteiger partial charge in [-0.2, -0.15) is 0 Å². The predicted molar refractivity (Wildman–Crippen MR) is 81.6 cm³/mol. The van der Waals surface area contributed by atoms with E-state index in [1.54, 1.807) is 0 Å². The van der Waals surface area contributed by atoms with Crippen molar-refractivity contribution in [2.24, 2.45) is 0 Å². The molecule has 1 aliphatic carbocycles. The van der Waals surface area contributed by atoms with Crippen LogP contribution in [0.2, 0.25) is 0 Å². The van der Waals surface area contributed by atoms with Crippen molar-refractivity contribution in [1.29, 1.82) is 0 Å². The maximum atomic E-state index is 11.6. The predicted octanol–water partition coefficient (Wildman–Crippen LogP) is 3.08. The Hall–Kier alpha value is -1.55. The average Bonchev–Trinajstić information content (AvgIpc) is 2.48. The molecule has 1 amide bonds. The molecule has 1 fully saturated rings. The Labute approximate surface area is 121 Å². The van der Waals surface area contributed by atoms with Crippen molar-refractivity contribution in [3.63, 3.8) is 0 Å². The summed E-state index contributed by atoms with van der Waals surface area (Å²) in [6, 6.07) is 10.1. The van der Waals surface area contributed by atoms with Crippen LogP contribution in [0.1, 0.15) is 37.7 Å². The fourth-order valence-electron chi connectivity index (χ4n) is 2.18. The van der Waals surface area contributed by atoms with Crippen molar-refractivity contribution in [3.8, 4) is 0 Å². The maximum absolute atomic E-state index is 11.6. The van der Waals surface area contributed by atoms with Gasteiger partial charge in [-0.3, -0.25) is 0 Å². The highest BCUT2D eigenvalue weighted by Crippen LogP contribution is 2.17. The highest BCUT2D eigenvalue weighted by Gasteiger charge is 2.16. The number of carbonyl (C=O) groups is 1. The minimum Gasteiger partial charge on any atom is -0.445 e.